The molecule has 5 aromatic rings. The number of aliphatic hydroxyl groups is 1. The number of thioether (sulfide) groups is 1. The second kappa shape index (κ2) is 13.7. The summed E-state index contributed by atoms with van der Waals surface area (Å²) in [5.41, 5.74) is 6.41. The maximum absolute atomic E-state index is 12.6. The van der Waals surface area contributed by atoms with Crippen molar-refractivity contribution in [3.63, 3.8) is 0 Å². The van der Waals surface area contributed by atoms with E-state index in [0.29, 0.717) is 24.3 Å². The summed E-state index contributed by atoms with van der Waals surface area (Å²) in [5, 5.41) is 20.0. The lowest BCUT2D eigenvalue weighted by Gasteiger charge is -2.36. The third kappa shape index (κ3) is 7.18. The first-order valence-electron chi connectivity index (χ1n) is 14.0. The Bertz CT molecular complexity index is 1620. The largest absolute Gasteiger partial charge is 0.392 e. The summed E-state index contributed by atoms with van der Waals surface area (Å²) in [5.74, 6) is 0.526. The Hall–Kier alpha value is -4.35. The average Bonchev–Trinajstić information content (AvgIpc) is 3.61. The lowest BCUT2D eigenvalue weighted by atomic mass is 9.97. The van der Waals surface area contributed by atoms with E-state index in [-0.39, 0.29) is 24.7 Å². The molecule has 1 amide bonds. The molecule has 0 bridgehead atoms. The quantitative estimate of drug-likeness (QED) is 0.178. The van der Waals surface area contributed by atoms with Gasteiger partial charge in [-0.3, -0.25) is 14.9 Å². The van der Waals surface area contributed by atoms with Crippen molar-refractivity contribution in [3.05, 3.63) is 131 Å². The third-order valence-corrected chi connectivity index (χ3v) is 8.30. The SMILES string of the molecule is O=C(NCc1ccccc1-c1ccc([C@@H]2O[C@H](CSc3ncn[nH]3)C[C@H](c3ccc(CO)cc3)O2)cc1)c1cccnc1. The van der Waals surface area contributed by atoms with Crippen LogP contribution in [0.4, 0.5) is 0 Å². The van der Waals surface area contributed by atoms with E-state index in [1.807, 2.05) is 54.6 Å². The van der Waals surface area contributed by atoms with Crippen LogP contribution in [0.15, 0.2) is 109 Å². The lowest BCUT2D eigenvalue weighted by molar-refractivity contribution is -0.245. The van der Waals surface area contributed by atoms with Gasteiger partial charge in [-0.2, -0.15) is 5.10 Å². The minimum atomic E-state index is -0.556. The maximum Gasteiger partial charge on any atom is 0.253 e. The highest BCUT2D eigenvalue weighted by molar-refractivity contribution is 7.99. The van der Waals surface area contributed by atoms with E-state index in [4.69, 9.17) is 9.47 Å². The molecule has 1 aliphatic heterocycles. The monoisotopic (exact) mass is 593 g/mol. The van der Waals surface area contributed by atoms with Crippen LogP contribution in [0.3, 0.4) is 0 Å². The first-order chi connectivity index (χ1) is 21.2. The smallest absolute Gasteiger partial charge is 0.253 e. The zero-order chi connectivity index (χ0) is 29.4. The molecule has 2 aromatic heterocycles. The number of benzene rings is 3. The van der Waals surface area contributed by atoms with Crippen LogP contribution in [0, 0.1) is 0 Å². The fraction of sp³-hybridized carbons (Fsp3) is 0.212. The topological polar surface area (TPSA) is 122 Å². The molecule has 9 nitrogen and oxygen atoms in total. The predicted octanol–water partition coefficient (Wildman–Crippen LogP) is 5.63. The fourth-order valence-electron chi connectivity index (χ4n) is 5.01. The van der Waals surface area contributed by atoms with Crippen molar-refractivity contribution in [2.45, 2.75) is 43.2 Å². The van der Waals surface area contributed by atoms with Gasteiger partial charge in [0.25, 0.3) is 5.91 Å². The molecular formula is C33H31N5O4S. The Morgan fingerprint density at radius 1 is 0.977 bits per heavy atom. The number of rotatable bonds is 10. The number of aromatic amines is 1. The Kier molecular flexibility index (Phi) is 9.19. The number of aromatic nitrogens is 4. The number of aliphatic hydroxyl groups excluding tert-OH is 1. The van der Waals surface area contributed by atoms with E-state index in [0.717, 1.165) is 38.5 Å². The van der Waals surface area contributed by atoms with Crippen LogP contribution in [0.5, 0.6) is 0 Å². The molecule has 0 spiro atoms. The molecule has 218 valence electrons. The van der Waals surface area contributed by atoms with Gasteiger partial charge in [-0.05, 0) is 39.9 Å². The molecule has 1 saturated heterocycles. The number of pyridine rings is 1. The van der Waals surface area contributed by atoms with Crippen molar-refractivity contribution in [2.24, 2.45) is 0 Å². The zero-order valence-electron chi connectivity index (χ0n) is 23.3. The maximum atomic E-state index is 12.6. The highest BCUT2D eigenvalue weighted by Gasteiger charge is 2.32. The first-order valence-corrected chi connectivity index (χ1v) is 15.0. The summed E-state index contributed by atoms with van der Waals surface area (Å²) in [6.45, 7) is 0.391. The summed E-state index contributed by atoms with van der Waals surface area (Å²) >= 11 is 1.56. The molecule has 3 atom stereocenters. The minimum Gasteiger partial charge on any atom is -0.392 e. The number of ether oxygens (including phenoxy) is 2. The van der Waals surface area contributed by atoms with Gasteiger partial charge in [-0.1, -0.05) is 84.6 Å². The van der Waals surface area contributed by atoms with Crippen LogP contribution >= 0.6 is 11.8 Å². The summed E-state index contributed by atoms with van der Waals surface area (Å²) in [4.78, 5) is 20.8. The van der Waals surface area contributed by atoms with Crippen LogP contribution in [-0.4, -0.2) is 43.0 Å². The number of H-pyrrole nitrogens is 1. The molecule has 0 aliphatic carbocycles. The lowest BCUT2D eigenvalue weighted by Crippen LogP contribution is -2.31. The minimum absolute atomic E-state index is 0.000339. The van der Waals surface area contributed by atoms with Gasteiger partial charge < -0.3 is 19.9 Å². The number of amides is 1. The van der Waals surface area contributed by atoms with Gasteiger partial charge in [0.1, 0.15) is 6.33 Å². The van der Waals surface area contributed by atoms with Crippen molar-refractivity contribution in [1.29, 1.82) is 0 Å². The van der Waals surface area contributed by atoms with E-state index in [2.05, 4.69) is 43.7 Å². The number of carbonyl (C=O) groups is 1. The highest BCUT2D eigenvalue weighted by atomic mass is 32.2. The normalized spacial score (nSPS) is 18.3. The number of carbonyl (C=O) groups excluding carboxylic acids is 1. The van der Waals surface area contributed by atoms with E-state index < -0.39 is 6.29 Å². The molecule has 1 aliphatic rings. The van der Waals surface area contributed by atoms with Gasteiger partial charge in [0, 0.05) is 36.7 Å². The Morgan fingerprint density at radius 2 is 1.79 bits per heavy atom. The second-order valence-electron chi connectivity index (χ2n) is 10.2. The summed E-state index contributed by atoms with van der Waals surface area (Å²) in [6, 6.07) is 27.6. The van der Waals surface area contributed by atoms with Crippen LogP contribution < -0.4 is 5.32 Å². The molecule has 0 saturated carbocycles. The number of nitrogens with zero attached hydrogens (tertiary/aromatic N) is 3. The molecule has 3 N–H and O–H groups in total. The van der Waals surface area contributed by atoms with Crippen LogP contribution in [0.1, 0.15) is 51.4 Å². The summed E-state index contributed by atoms with van der Waals surface area (Å²) < 4.78 is 12.9. The van der Waals surface area contributed by atoms with Crippen LogP contribution in [0.25, 0.3) is 11.1 Å². The van der Waals surface area contributed by atoms with E-state index in [1.165, 1.54) is 6.33 Å². The molecule has 0 unspecified atom stereocenters. The highest BCUT2D eigenvalue weighted by Crippen LogP contribution is 2.39. The predicted molar refractivity (Wildman–Crippen MR) is 163 cm³/mol. The Morgan fingerprint density at radius 3 is 2.53 bits per heavy atom. The molecule has 1 fully saturated rings. The van der Waals surface area contributed by atoms with Gasteiger partial charge in [0.05, 0.1) is 24.4 Å². The molecular weight excluding hydrogens is 562 g/mol. The zero-order valence-corrected chi connectivity index (χ0v) is 24.1. The molecule has 3 heterocycles. The summed E-state index contributed by atoms with van der Waals surface area (Å²) in [6.07, 6.45) is 4.58. The van der Waals surface area contributed by atoms with Crippen molar-refractivity contribution in [1.82, 2.24) is 25.5 Å². The van der Waals surface area contributed by atoms with Crippen molar-refractivity contribution >= 4 is 17.7 Å². The van der Waals surface area contributed by atoms with Crippen molar-refractivity contribution in [3.8, 4) is 11.1 Å². The van der Waals surface area contributed by atoms with Crippen molar-refractivity contribution in [2.75, 3.05) is 5.75 Å². The van der Waals surface area contributed by atoms with Gasteiger partial charge in [-0.15, -0.1) is 0 Å². The standard InChI is InChI=1S/C33H31N5O4S/c39-19-22-7-9-24(10-8-22)30-16-28(20-43-33-36-21-37-38-33)41-32(42-30)25-13-11-23(12-14-25)29-6-2-1-4-26(29)18-35-31(40)27-5-3-15-34-17-27/h1-15,17,21,28,30,32,39H,16,18-20H2,(H,35,40)(H,36,37,38)/t28-,30+,32+/m0/s1. The van der Waals surface area contributed by atoms with E-state index >= 15 is 0 Å². The first kappa shape index (κ1) is 28.8. The van der Waals surface area contributed by atoms with Gasteiger partial charge in [0.15, 0.2) is 11.4 Å². The van der Waals surface area contributed by atoms with Crippen LogP contribution in [0.2, 0.25) is 0 Å². The number of nitrogens with one attached hydrogen (secondary N) is 2. The number of hydrogen-bond acceptors (Lipinski definition) is 8. The molecule has 43 heavy (non-hydrogen) atoms. The second-order valence-corrected chi connectivity index (χ2v) is 11.2. The average molecular weight is 594 g/mol. The third-order valence-electron chi connectivity index (χ3n) is 7.29. The molecule has 10 heteroatoms. The Balaban J connectivity index is 1.18. The molecule has 3 aromatic carbocycles. The van der Waals surface area contributed by atoms with Gasteiger partial charge in [-0.25, -0.2) is 4.98 Å². The molecule has 0 radical (unpaired) electrons. The molecule has 6 rings (SSSR count). The van der Waals surface area contributed by atoms with Crippen molar-refractivity contribution < 1.29 is 19.4 Å². The fourth-order valence-corrected chi connectivity index (χ4v) is 5.81. The van der Waals surface area contributed by atoms with E-state index in [1.54, 1.807) is 36.3 Å². The van der Waals surface area contributed by atoms with Gasteiger partial charge in [0.2, 0.25) is 0 Å². The Labute approximate surface area is 253 Å². The van der Waals surface area contributed by atoms with Crippen LogP contribution in [-0.2, 0) is 22.6 Å². The van der Waals surface area contributed by atoms with E-state index in [9.17, 15) is 9.90 Å². The number of hydrogen-bond donors (Lipinski definition) is 3. The summed E-state index contributed by atoms with van der Waals surface area (Å²) in [7, 11) is 0. The van der Waals surface area contributed by atoms with Gasteiger partial charge >= 0.3 is 0 Å².